The molecule has 3 rings (SSSR count). The first-order valence-electron chi connectivity index (χ1n) is 9.74. The molecule has 7 nitrogen and oxygen atoms in total. The van der Waals surface area contributed by atoms with Crippen LogP contribution >= 0.6 is 11.3 Å². The molecule has 0 aromatic carbocycles. The Balaban J connectivity index is 1.82. The van der Waals surface area contributed by atoms with E-state index in [1.54, 1.807) is 18.7 Å². The Hall–Kier alpha value is -2.22. The normalized spacial score (nSPS) is 19.6. The molecule has 8 heteroatoms. The highest BCUT2D eigenvalue weighted by atomic mass is 32.1. The van der Waals surface area contributed by atoms with Crippen molar-refractivity contribution >= 4 is 33.4 Å². The number of rotatable bonds is 5. The Morgan fingerprint density at radius 1 is 1.32 bits per heavy atom. The van der Waals surface area contributed by atoms with Crippen LogP contribution in [-0.4, -0.2) is 46.0 Å². The third kappa shape index (κ3) is 3.97. The topological polar surface area (TPSA) is 81.5 Å². The molecule has 152 valence electrons. The third-order valence-corrected chi connectivity index (χ3v) is 6.79. The number of aromatic nitrogens is 2. The second-order valence-electron chi connectivity index (χ2n) is 7.55. The summed E-state index contributed by atoms with van der Waals surface area (Å²) in [5.74, 6) is 0.168. The van der Waals surface area contributed by atoms with Gasteiger partial charge in [-0.25, -0.2) is 9.78 Å². The number of carbonyl (C=O) groups excluding carboxylic acids is 2. The Morgan fingerprint density at radius 3 is 2.64 bits per heavy atom. The van der Waals surface area contributed by atoms with Crippen LogP contribution in [0.5, 0.6) is 0 Å². The fraction of sp³-hybridized carbons (Fsp3) is 0.600. The predicted octanol–water partition coefficient (Wildman–Crippen LogP) is 2.98. The molecule has 0 atom stereocenters. The van der Waals surface area contributed by atoms with E-state index in [2.05, 4.69) is 11.9 Å². The van der Waals surface area contributed by atoms with E-state index in [4.69, 9.17) is 4.74 Å². The Bertz CT molecular complexity index is 941. The van der Waals surface area contributed by atoms with Crippen LogP contribution in [0.25, 0.3) is 10.2 Å². The first kappa shape index (κ1) is 20.5. The molecule has 2 heterocycles. The maximum atomic E-state index is 12.9. The van der Waals surface area contributed by atoms with Crippen LogP contribution in [0.15, 0.2) is 11.1 Å². The molecule has 2 aromatic heterocycles. The van der Waals surface area contributed by atoms with Crippen LogP contribution in [0.1, 0.15) is 54.8 Å². The Kier molecular flexibility index (Phi) is 6.17. The Morgan fingerprint density at radius 2 is 2.00 bits per heavy atom. The van der Waals surface area contributed by atoms with Gasteiger partial charge in [-0.15, -0.1) is 11.3 Å². The van der Waals surface area contributed by atoms with E-state index in [9.17, 15) is 14.4 Å². The zero-order chi connectivity index (χ0) is 20.4. The summed E-state index contributed by atoms with van der Waals surface area (Å²) in [7, 11) is 1.81. The SMILES string of the molecule is CCOC(=O)c1sc2ncn(CC(=O)N(C)C3CCC(C)CC3)c(=O)c2c1C. The maximum Gasteiger partial charge on any atom is 0.348 e. The van der Waals surface area contributed by atoms with E-state index < -0.39 is 5.97 Å². The van der Waals surface area contributed by atoms with E-state index >= 15 is 0 Å². The number of hydrogen-bond acceptors (Lipinski definition) is 6. The average molecular weight is 406 g/mol. The Labute approximate surface area is 168 Å². The van der Waals surface area contributed by atoms with Crippen molar-refractivity contribution in [2.45, 2.75) is 59.0 Å². The number of ether oxygens (including phenoxy) is 1. The van der Waals surface area contributed by atoms with Crippen LogP contribution in [0.4, 0.5) is 0 Å². The lowest BCUT2D eigenvalue weighted by atomic mass is 9.87. The molecule has 0 spiro atoms. The van der Waals surface area contributed by atoms with Crippen LogP contribution in [0, 0.1) is 12.8 Å². The number of carbonyl (C=O) groups is 2. The molecule has 1 fully saturated rings. The summed E-state index contributed by atoms with van der Waals surface area (Å²) < 4.78 is 6.39. The molecule has 1 saturated carbocycles. The van der Waals surface area contributed by atoms with Crippen LogP contribution in [0.2, 0.25) is 0 Å². The molecule has 0 saturated heterocycles. The van der Waals surface area contributed by atoms with Crippen molar-refractivity contribution < 1.29 is 14.3 Å². The van der Waals surface area contributed by atoms with Gasteiger partial charge in [0.1, 0.15) is 16.3 Å². The minimum Gasteiger partial charge on any atom is -0.462 e. The van der Waals surface area contributed by atoms with E-state index in [1.165, 1.54) is 10.9 Å². The number of likely N-dealkylation sites (N-methyl/N-ethyl adjacent to an activating group) is 1. The van der Waals surface area contributed by atoms with E-state index in [0.717, 1.165) is 37.0 Å². The molecule has 1 aliphatic rings. The third-order valence-electron chi connectivity index (χ3n) is 5.61. The highest BCUT2D eigenvalue weighted by Gasteiger charge is 2.26. The lowest BCUT2D eigenvalue weighted by molar-refractivity contribution is -0.133. The smallest absolute Gasteiger partial charge is 0.348 e. The largest absolute Gasteiger partial charge is 0.462 e. The quantitative estimate of drug-likeness (QED) is 0.715. The minimum absolute atomic E-state index is 0.0473. The molecular weight excluding hydrogens is 378 g/mol. The van der Waals surface area contributed by atoms with Gasteiger partial charge in [0.15, 0.2) is 0 Å². The molecule has 0 unspecified atom stereocenters. The molecule has 0 aliphatic heterocycles. The number of fused-ring (bicyclic) bond motifs is 1. The summed E-state index contributed by atoms with van der Waals surface area (Å²) in [5, 5.41) is 0.387. The van der Waals surface area contributed by atoms with Crippen LogP contribution in [-0.2, 0) is 16.1 Å². The first-order valence-corrected chi connectivity index (χ1v) is 10.6. The number of nitrogens with zero attached hydrogens (tertiary/aromatic N) is 3. The van der Waals surface area contributed by atoms with Crippen LogP contribution < -0.4 is 5.56 Å². The minimum atomic E-state index is -0.448. The first-order chi connectivity index (χ1) is 13.3. The van der Waals surface area contributed by atoms with Crippen molar-refractivity contribution in [3.8, 4) is 0 Å². The maximum absolute atomic E-state index is 12.9. The zero-order valence-corrected chi connectivity index (χ0v) is 17.7. The van der Waals surface area contributed by atoms with Gasteiger partial charge in [0.2, 0.25) is 5.91 Å². The molecule has 2 aromatic rings. The van der Waals surface area contributed by atoms with Gasteiger partial charge in [-0.2, -0.15) is 0 Å². The van der Waals surface area contributed by atoms with Crippen molar-refractivity contribution in [1.29, 1.82) is 0 Å². The molecular formula is C20H27N3O4S. The fourth-order valence-electron chi connectivity index (χ4n) is 3.75. The number of aryl methyl sites for hydroxylation is 1. The summed E-state index contributed by atoms with van der Waals surface area (Å²) in [5.41, 5.74) is 0.265. The van der Waals surface area contributed by atoms with Gasteiger partial charge in [0.05, 0.1) is 18.3 Å². The summed E-state index contributed by atoms with van der Waals surface area (Å²) in [4.78, 5) is 44.7. The summed E-state index contributed by atoms with van der Waals surface area (Å²) in [6.45, 7) is 5.92. The van der Waals surface area contributed by atoms with Gasteiger partial charge in [0, 0.05) is 13.1 Å². The summed E-state index contributed by atoms with van der Waals surface area (Å²) in [6, 6.07) is 0.231. The van der Waals surface area contributed by atoms with Crippen LogP contribution in [0.3, 0.4) is 0 Å². The summed E-state index contributed by atoms with van der Waals surface area (Å²) in [6.07, 6.45) is 5.65. The van der Waals surface area contributed by atoms with Crippen molar-refractivity contribution in [2.24, 2.45) is 5.92 Å². The van der Waals surface area contributed by atoms with Crippen molar-refractivity contribution in [3.63, 3.8) is 0 Å². The van der Waals surface area contributed by atoms with Gasteiger partial charge in [0.25, 0.3) is 5.56 Å². The monoisotopic (exact) mass is 405 g/mol. The fourth-order valence-corrected chi connectivity index (χ4v) is 4.79. The number of amides is 1. The van der Waals surface area contributed by atoms with Gasteiger partial charge in [-0.05, 0) is 51.0 Å². The molecule has 0 bridgehead atoms. The second-order valence-corrected chi connectivity index (χ2v) is 8.55. The van der Waals surface area contributed by atoms with Crippen molar-refractivity contribution in [3.05, 3.63) is 27.1 Å². The lowest BCUT2D eigenvalue weighted by Gasteiger charge is -2.33. The standard InChI is InChI=1S/C20H27N3O4S/c1-5-27-20(26)17-13(3)16-18(28-17)21-11-23(19(16)25)10-15(24)22(4)14-8-6-12(2)7-9-14/h11-12,14H,5-10H2,1-4H3. The highest BCUT2D eigenvalue weighted by molar-refractivity contribution is 7.20. The predicted molar refractivity (Wildman–Crippen MR) is 109 cm³/mol. The van der Waals surface area contributed by atoms with Gasteiger partial charge >= 0.3 is 5.97 Å². The van der Waals surface area contributed by atoms with Crippen molar-refractivity contribution in [2.75, 3.05) is 13.7 Å². The summed E-state index contributed by atoms with van der Waals surface area (Å²) >= 11 is 1.15. The van der Waals surface area contributed by atoms with Gasteiger partial charge < -0.3 is 9.64 Å². The lowest BCUT2D eigenvalue weighted by Crippen LogP contribution is -2.42. The van der Waals surface area contributed by atoms with Crippen molar-refractivity contribution in [1.82, 2.24) is 14.5 Å². The molecule has 1 aliphatic carbocycles. The van der Waals surface area contributed by atoms with Gasteiger partial charge in [-0.1, -0.05) is 6.92 Å². The zero-order valence-electron chi connectivity index (χ0n) is 16.9. The number of esters is 1. The highest BCUT2D eigenvalue weighted by Crippen LogP contribution is 2.28. The molecule has 0 N–H and O–H groups in total. The second kappa shape index (κ2) is 8.43. The molecule has 1 amide bonds. The molecule has 0 radical (unpaired) electrons. The average Bonchev–Trinajstić information content (AvgIpc) is 3.01. The van der Waals surface area contributed by atoms with E-state index in [1.807, 2.05) is 7.05 Å². The van der Waals surface area contributed by atoms with E-state index in [-0.39, 0.29) is 30.7 Å². The number of hydrogen-bond donors (Lipinski definition) is 0. The number of thiophene rings is 1. The van der Waals surface area contributed by atoms with E-state index in [0.29, 0.717) is 26.6 Å². The molecule has 28 heavy (non-hydrogen) atoms. The van der Waals surface area contributed by atoms with Gasteiger partial charge in [-0.3, -0.25) is 14.2 Å².